The van der Waals surface area contributed by atoms with E-state index >= 15 is 0 Å². The molecule has 12 nitrogen and oxygen atoms in total. The molecule has 5 rings (SSSR count). The number of hydrogen-bond acceptors (Lipinski definition) is 12. The molecule has 302 valence electrons. The van der Waals surface area contributed by atoms with Crippen LogP contribution in [-0.2, 0) is 51.1 Å². The highest BCUT2D eigenvalue weighted by Gasteiger charge is 2.44. The van der Waals surface area contributed by atoms with E-state index < -0.39 is 37.0 Å². The number of aliphatic hydroxyl groups is 4. The Bertz CT molecular complexity index is 1140. The van der Waals surface area contributed by atoms with Crippen LogP contribution in [0, 0.1) is 23.7 Å². The Balaban J connectivity index is 0.000000220. The molecule has 12 heteroatoms. The monoisotopic (exact) mass is 750 g/mol. The Labute approximate surface area is 316 Å². The van der Waals surface area contributed by atoms with Gasteiger partial charge in [-0.25, -0.2) is 0 Å². The zero-order valence-electron chi connectivity index (χ0n) is 33.0. The van der Waals surface area contributed by atoms with Gasteiger partial charge in [0.15, 0.2) is 18.9 Å². The third-order valence-corrected chi connectivity index (χ3v) is 10.9. The summed E-state index contributed by atoms with van der Waals surface area (Å²) < 4.78 is 44.8. The number of hydrogen-bond donors (Lipinski definition) is 4. The van der Waals surface area contributed by atoms with Gasteiger partial charge in [0.05, 0.1) is 38.1 Å². The quantitative estimate of drug-likeness (QED) is 0.238. The standard InChI is InChI=1S/C17H26O3.C16H24O4.C8H16O5/c1-5-15-12(2)13(3)16(17(18-4)20-15)19-11-14-9-7-6-8-10-14;1-11-12(2)15(16(18-3)20-14(11)9-17)19-10-13-7-5-4-6-8-13;1-3-4-5(9)6(10)7(11)8(12-2)13-4/h6-10,12-13,15-17H,5,11H2,1-4H3;4-8,11-12,14-17H,9-10H2,1-3H3;4-11H,3H2,1-2H3. The van der Waals surface area contributed by atoms with Crippen molar-refractivity contribution in [2.45, 2.75) is 135 Å². The maximum absolute atomic E-state index is 9.43. The summed E-state index contributed by atoms with van der Waals surface area (Å²) >= 11 is 0. The van der Waals surface area contributed by atoms with Gasteiger partial charge in [-0.3, -0.25) is 0 Å². The van der Waals surface area contributed by atoms with Crippen molar-refractivity contribution in [1.29, 1.82) is 0 Å². The number of aliphatic hydroxyl groups excluding tert-OH is 4. The third kappa shape index (κ3) is 12.5. The molecule has 3 aliphatic heterocycles. The number of benzene rings is 2. The smallest absolute Gasteiger partial charge is 0.186 e. The fourth-order valence-electron chi connectivity index (χ4n) is 7.02. The maximum Gasteiger partial charge on any atom is 0.186 e. The van der Waals surface area contributed by atoms with E-state index in [1.165, 1.54) is 12.7 Å². The second kappa shape index (κ2) is 23.1. The van der Waals surface area contributed by atoms with Crippen LogP contribution in [0.2, 0.25) is 0 Å². The van der Waals surface area contributed by atoms with Crippen LogP contribution < -0.4 is 0 Å². The Morgan fingerprint density at radius 2 is 0.906 bits per heavy atom. The molecule has 3 fully saturated rings. The molecule has 3 aliphatic rings. The van der Waals surface area contributed by atoms with Crippen molar-refractivity contribution in [3.8, 4) is 0 Å². The Morgan fingerprint density at radius 3 is 1.30 bits per heavy atom. The first kappa shape index (κ1) is 45.4. The summed E-state index contributed by atoms with van der Waals surface area (Å²) in [5.74, 6) is 1.39. The molecule has 0 aliphatic carbocycles. The largest absolute Gasteiger partial charge is 0.394 e. The summed E-state index contributed by atoms with van der Waals surface area (Å²) in [7, 11) is 4.69. The van der Waals surface area contributed by atoms with Gasteiger partial charge in [0.2, 0.25) is 0 Å². The van der Waals surface area contributed by atoms with E-state index in [2.05, 4.69) is 46.8 Å². The van der Waals surface area contributed by atoms with Crippen LogP contribution in [0.3, 0.4) is 0 Å². The first-order valence-corrected chi connectivity index (χ1v) is 19.0. The van der Waals surface area contributed by atoms with Crippen LogP contribution in [-0.4, -0.2) is 116 Å². The van der Waals surface area contributed by atoms with Crippen molar-refractivity contribution < 1.29 is 58.3 Å². The highest BCUT2D eigenvalue weighted by molar-refractivity contribution is 5.14. The normalized spacial score (nSPS) is 37.1. The highest BCUT2D eigenvalue weighted by Crippen LogP contribution is 2.35. The fraction of sp³-hybridized carbons (Fsp3) is 0.707. The van der Waals surface area contributed by atoms with Gasteiger partial charge in [0.25, 0.3) is 0 Å². The van der Waals surface area contributed by atoms with E-state index in [0.717, 1.165) is 12.0 Å². The average Bonchev–Trinajstić information content (AvgIpc) is 3.19. The van der Waals surface area contributed by atoms with E-state index in [9.17, 15) is 20.4 Å². The number of methoxy groups -OCH3 is 3. The number of ether oxygens (including phenoxy) is 8. The van der Waals surface area contributed by atoms with Crippen molar-refractivity contribution >= 4 is 0 Å². The van der Waals surface area contributed by atoms with Gasteiger partial charge in [-0.05, 0) is 47.6 Å². The molecule has 0 amide bonds. The molecule has 4 N–H and O–H groups in total. The van der Waals surface area contributed by atoms with E-state index in [4.69, 9.17) is 37.9 Å². The molecule has 3 heterocycles. The summed E-state index contributed by atoms with van der Waals surface area (Å²) in [6.45, 7) is 13.8. The summed E-state index contributed by atoms with van der Waals surface area (Å²) in [5, 5.41) is 37.5. The molecule has 0 radical (unpaired) electrons. The first-order valence-electron chi connectivity index (χ1n) is 19.0. The van der Waals surface area contributed by atoms with Gasteiger partial charge in [0, 0.05) is 21.3 Å². The summed E-state index contributed by atoms with van der Waals surface area (Å²) in [4.78, 5) is 0. The average molecular weight is 751 g/mol. The molecule has 0 saturated carbocycles. The molecule has 2 aromatic carbocycles. The minimum absolute atomic E-state index is 0.0107. The van der Waals surface area contributed by atoms with Crippen LogP contribution >= 0.6 is 0 Å². The first-order chi connectivity index (χ1) is 25.4. The summed E-state index contributed by atoms with van der Waals surface area (Å²) in [5.41, 5.74) is 2.31. The summed E-state index contributed by atoms with van der Waals surface area (Å²) in [6, 6.07) is 20.3. The Hall–Kier alpha value is -2.04. The predicted octanol–water partition coefficient (Wildman–Crippen LogP) is 4.68. The van der Waals surface area contributed by atoms with Gasteiger partial charge in [-0.1, -0.05) is 102 Å². The lowest BCUT2D eigenvalue weighted by atomic mass is 9.82. The zero-order chi connectivity index (χ0) is 39.1. The second-order valence-corrected chi connectivity index (χ2v) is 14.3. The van der Waals surface area contributed by atoms with Gasteiger partial charge in [0.1, 0.15) is 30.5 Å². The van der Waals surface area contributed by atoms with E-state index in [1.807, 2.05) is 55.5 Å². The van der Waals surface area contributed by atoms with Gasteiger partial charge in [-0.2, -0.15) is 0 Å². The lowest BCUT2D eigenvalue weighted by Gasteiger charge is -2.43. The van der Waals surface area contributed by atoms with Crippen molar-refractivity contribution in [1.82, 2.24) is 0 Å². The van der Waals surface area contributed by atoms with E-state index in [1.54, 1.807) is 14.2 Å². The van der Waals surface area contributed by atoms with Crippen molar-refractivity contribution in [3.05, 3.63) is 71.8 Å². The van der Waals surface area contributed by atoms with Crippen LogP contribution in [0.5, 0.6) is 0 Å². The Kier molecular flexibility index (Phi) is 19.8. The van der Waals surface area contributed by atoms with Crippen LogP contribution in [0.1, 0.15) is 65.5 Å². The van der Waals surface area contributed by atoms with Gasteiger partial charge < -0.3 is 58.3 Å². The van der Waals surface area contributed by atoms with Crippen LogP contribution in [0.15, 0.2) is 60.7 Å². The zero-order valence-corrected chi connectivity index (χ0v) is 33.0. The van der Waals surface area contributed by atoms with Crippen LogP contribution in [0.25, 0.3) is 0 Å². The van der Waals surface area contributed by atoms with E-state index in [-0.39, 0.29) is 49.1 Å². The van der Waals surface area contributed by atoms with Crippen molar-refractivity contribution in [3.63, 3.8) is 0 Å². The van der Waals surface area contributed by atoms with Gasteiger partial charge in [-0.15, -0.1) is 0 Å². The van der Waals surface area contributed by atoms with Crippen molar-refractivity contribution in [2.75, 3.05) is 27.9 Å². The van der Waals surface area contributed by atoms with Gasteiger partial charge >= 0.3 is 0 Å². The molecule has 0 aromatic heterocycles. The van der Waals surface area contributed by atoms with E-state index in [0.29, 0.717) is 31.5 Å². The minimum Gasteiger partial charge on any atom is -0.394 e. The molecular weight excluding hydrogens is 684 g/mol. The molecule has 15 atom stereocenters. The molecule has 3 saturated heterocycles. The molecular formula is C41H66O12. The SMILES string of the molecule is CCC1OC(OC)C(O)C(O)C1O.CCC1OC(OC)C(OCc2ccccc2)C(C)C1C.COC1OC(CO)C(C)C(C)C1OCc1ccccc1. The third-order valence-electron chi connectivity index (χ3n) is 10.9. The molecule has 53 heavy (non-hydrogen) atoms. The summed E-state index contributed by atoms with van der Waals surface area (Å²) in [6.07, 6.45) is -3.99. The second-order valence-electron chi connectivity index (χ2n) is 14.3. The fourth-order valence-corrected chi connectivity index (χ4v) is 7.02. The predicted molar refractivity (Wildman–Crippen MR) is 199 cm³/mol. The highest BCUT2D eigenvalue weighted by atomic mass is 16.7. The number of rotatable bonds is 12. The Morgan fingerprint density at radius 1 is 0.509 bits per heavy atom. The van der Waals surface area contributed by atoms with Crippen LogP contribution in [0.4, 0.5) is 0 Å². The molecule has 0 bridgehead atoms. The molecule has 2 aromatic rings. The topological polar surface area (TPSA) is 155 Å². The minimum atomic E-state index is -1.20. The molecule has 0 spiro atoms. The lowest BCUT2D eigenvalue weighted by Crippen LogP contribution is -2.57. The maximum atomic E-state index is 9.43. The molecule has 15 unspecified atom stereocenters. The lowest BCUT2D eigenvalue weighted by molar-refractivity contribution is -0.290. The van der Waals surface area contributed by atoms with Crippen molar-refractivity contribution in [2.24, 2.45) is 23.7 Å².